The molecule has 2 nitrogen and oxygen atoms in total. The fraction of sp³-hybridized carbons (Fsp3) is 0.400. The molecule has 1 aromatic heterocycles. The molecule has 1 N–H and O–H groups in total. The highest BCUT2D eigenvalue weighted by molar-refractivity contribution is 7.10. The van der Waals surface area contributed by atoms with Gasteiger partial charge in [0.1, 0.15) is 5.75 Å². The zero-order valence-electron chi connectivity index (χ0n) is 8.04. The van der Waals surface area contributed by atoms with Crippen LogP contribution in [0.2, 0.25) is 0 Å². The summed E-state index contributed by atoms with van der Waals surface area (Å²) in [4.78, 5) is 1.24. The molecule has 0 aliphatic rings. The summed E-state index contributed by atoms with van der Waals surface area (Å²) in [6, 6.07) is 2.32. The van der Waals surface area contributed by atoms with Crippen molar-refractivity contribution < 1.29 is 4.74 Å². The Bertz CT molecular complexity index is 270. The molecule has 1 aromatic rings. The Morgan fingerprint density at radius 3 is 3.08 bits per heavy atom. The molecule has 1 unspecified atom stereocenters. The zero-order valence-corrected chi connectivity index (χ0v) is 8.86. The summed E-state index contributed by atoms with van der Waals surface area (Å²) in [5.41, 5.74) is 0. The molecule has 13 heavy (non-hydrogen) atoms. The van der Waals surface area contributed by atoms with E-state index in [0.29, 0.717) is 6.04 Å². The van der Waals surface area contributed by atoms with E-state index in [9.17, 15) is 0 Å². The van der Waals surface area contributed by atoms with Gasteiger partial charge < -0.3 is 10.1 Å². The van der Waals surface area contributed by atoms with Crippen LogP contribution in [0.5, 0.6) is 5.75 Å². The summed E-state index contributed by atoms with van der Waals surface area (Å²) in [6.07, 6.45) is 2.84. The van der Waals surface area contributed by atoms with Crippen LogP contribution >= 0.6 is 11.3 Å². The fourth-order valence-electron chi connectivity index (χ4n) is 1.25. The summed E-state index contributed by atoms with van der Waals surface area (Å²) in [7, 11) is 3.65. The first kappa shape index (κ1) is 10.3. The standard InChI is InChI=1S/C10H15NOS/c1-4-5-8(11-2)10-9(12-3)6-7-13-10/h4,6-8,11H,1,5H2,2-3H3. The maximum Gasteiger partial charge on any atom is 0.134 e. The third-order valence-corrected chi connectivity index (χ3v) is 2.96. The number of thiophene rings is 1. The third-order valence-electron chi connectivity index (χ3n) is 1.94. The first-order valence-electron chi connectivity index (χ1n) is 4.23. The Balaban J connectivity index is 2.82. The van der Waals surface area contributed by atoms with Gasteiger partial charge in [0.25, 0.3) is 0 Å². The second-order valence-electron chi connectivity index (χ2n) is 2.72. The average molecular weight is 197 g/mol. The number of rotatable bonds is 5. The van der Waals surface area contributed by atoms with Crippen molar-refractivity contribution in [1.82, 2.24) is 5.32 Å². The maximum atomic E-state index is 5.25. The molecule has 0 spiro atoms. The quantitative estimate of drug-likeness (QED) is 0.733. The lowest BCUT2D eigenvalue weighted by Crippen LogP contribution is -2.14. The van der Waals surface area contributed by atoms with Crippen LogP contribution in [-0.2, 0) is 0 Å². The lowest BCUT2D eigenvalue weighted by atomic mass is 10.1. The Morgan fingerprint density at radius 1 is 1.77 bits per heavy atom. The van der Waals surface area contributed by atoms with Gasteiger partial charge in [0, 0.05) is 6.04 Å². The average Bonchev–Trinajstić information content (AvgIpc) is 2.61. The number of hydrogen-bond donors (Lipinski definition) is 1. The smallest absolute Gasteiger partial charge is 0.134 e. The molecule has 0 fully saturated rings. The van der Waals surface area contributed by atoms with E-state index in [1.165, 1.54) is 4.88 Å². The van der Waals surface area contributed by atoms with Gasteiger partial charge in [-0.2, -0.15) is 0 Å². The van der Waals surface area contributed by atoms with E-state index >= 15 is 0 Å². The molecule has 1 rings (SSSR count). The summed E-state index contributed by atoms with van der Waals surface area (Å²) < 4.78 is 5.25. The molecule has 0 bridgehead atoms. The Labute approximate surface area is 83.2 Å². The van der Waals surface area contributed by atoms with Crippen molar-refractivity contribution in [2.24, 2.45) is 0 Å². The topological polar surface area (TPSA) is 21.3 Å². The van der Waals surface area contributed by atoms with Crippen LogP contribution in [-0.4, -0.2) is 14.2 Å². The van der Waals surface area contributed by atoms with Crippen molar-refractivity contribution in [2.75, 3.05) is 14.2 Å². The molecular formula is C10H15NOS. The van der Waals surface area contributed by atoms with Gasteiger partial charge in [0.15, 0.2) is 0 Å². The molecule has 0 aromatic carbocycles. The Hall–Kier alpha value is -0.800. The summed E-state index contributed by atoms with van der Waals surface area (Å²) in [5, 5.41) is 5.28. The molecule has 1 atom stereocenters. The Kier molecular flexibility index (Phi) is 3.99. The van der Waals surface area contributed by atoms with Crippen LogP contribution in [0.3, 0.4) is 0 Å². The molecule has 0 aliphatic carbocycles. The van der Waals surface area contributed by atoms with Crippen LogP contribution < -0.4 is 10.1 Å². The lowest BCUT2D eigenvalue weighted by molar-refractivity contribution is 0.405. The highest BCUT2D eigenvalue weighted by Gasteiger charge is 2.13. The van der Waals surface area contributed by atoms with E-state index in [2.05, 4.69) is 11.9 Å². The second-order valence-corrected chi connectivity index (χ2v) is 3.67. The minimum Gasteiger partial charge on any atom is -0.496 e. The Morgan fingerprint density at radius 2 is 2.54 bits per heavy atom. The van der Waals surface area contributed by atoms with Crippen molar-refractivity contribution in [2.45, 2.75) is 12.5 Å². The minimum atomic E-state index is 0.326. The molecule has 0 saturated carbocycles. The van der Waals surface area contributed by atoms with E-state index in [0.717, 1.165) is 12.2 Å². The predicted molar refractivity (Wildman–Crippen MR) is 57.5 cm³/mol. The number of nitrogens with one attached hydrogen (secondary N) is 1. The van der Waals surface area contributed by atoms with Crippen LogP contribution in [0.15, 0.2) is 24.1 Å². The van der Waals surface area contributed by atoms with Gasteiger partial charge in [-0.05, 0) is 24.9 Å². The SMILES string of the molecule is C=CCC(NC)c1sccc1OC. The van der Waals surface area contributed by atoms with E-state index in [1.807, 2.05) is 24.6 Å². The van der Waals surface area contributed by atoms with Gasteiger partial charge in [-0.3, -0.25) is 0 Å². The fourth-order valence-corrected chi connectivity index (χ4v) is 2.24. The molecule has 0 aliphatic heterocycles. The van der Waals surface area contributed by atoms with Crippen molar-refractivity contribution in [3.05, 3.63) is 29.0 Å². The molecule has 1 heterocycles. The van der Waals surface area contributed by atoms with Gasteiger partial charge in [0.2, 0.25) is 0 Å². The van der Waals surface area contributed by atoms with Crippen LogP contribution in [0.4, 0.5) is 0 Å². The number of methoxy groups -OCH3 is 1. The van der Waals surface area contributed by atoms with Gasteiger partial charge in [0.05, 0.1) is 12.0 Å². The van der Waals surface area contributed by atoms with E-state index in [4.69, 9.17) is 4.74 Å². The summed E-state index contributed by atoms with van der Waals surface area (Å²) in [6.45, 7) is 3.74. The highest BCUT2D eigenvalue weighted by Crippen LogP contribution is 2.32. The van der Waals surface area contributed by atoms with Crippen LogP contribution in [0, 0.1) is 0 Å². The molecule has 72 valence electrons. The van der Waals surface area contributed by atoms with Crippen molar-refractivity contribution in [3.8, 4) is 5.75 Å². The molecular weight excluding hydrogens is 182 g/mol. The minimum absolute atomic E-state index is 0.326. The lowest BCUT2D eigenvalue weighted by Gasteiger charge is -2.13. The van der Waals surface area contributed by atoms with Crippen molar-refractivity contribution in [1.29, 1.82) is 0 Å². The summed E-state index contributed by atoms with van der Waals surface area (Å²) >= 11 is 1.71. The monoisotopic (exact) mass is 197 g/mol. The van der Waals surface area contributed by atoms with Gasteiger partial charge in [-0.15, -0.1) is 17.9 Å². The van der Waals surface area contributed by atoms with Gasteiger partial charge >= 0.3 is 0 Å². The molecule has 0 saturated heterocycles. The highest BCUT2D eigenvalue weighted by atomic mass is 32.1. The number of ether oxygens (including phenoxy) is 1. The zero-order chi connectivity index (χ0) is 9.68. The van der Waals surface area contributed by atoms with Gasteiger partial charge in [-0.1, -0.05) is 6.08 Å². The summed E-state index contributed by atoms with van der Waals surface area (Å²) in [5.74, 6) is 0.964. The molecule has 3 heteroatoms. The number of hydrogen-bond acceptors (Lipinski definition) is 3. The first-order chi connectivity index (χ1) is 6.33. The molecule has 0 amide bonds. The molecule has 0 radical (unpaired) electrons. The first-order valence-corrected chi connectivity index (χ1v) is 5.11. The maximum absolute atomic E-state index is 5.25. The normalized spacial score (nSPS) is 12.5. The van der Waals surface area contributed by atoms with E-state index in [1.54, 1.807) is 18.4 Å². The third kappa shape index (κ3) is 2.32. The second kappa shape index (κ2) is 5.04. The largest absolute Gasteiger partial charge is 0.496 e. The van der Waals surface area contributed by atoms with Crippen LogP contribution in [0.1, 0.15) is 17.3 Å². The predicted octanol–water partition coefficient (Wildman–Crippen LogP) is 2.59. The van der Waals surface area contributed by atoms with Crippen molar-refractivity contribution >= 4 is 11.3 Å². The van der Waals surface area contributed by atoms with Crippen LogP contribution in [0.25, 0.3) is 0 Å². The van der Waals surface area contributed by atoms with Gasteiger partial charge in [-0.25, -0.2) is 0 Å². The van der Waals surface area contributed by atoms with E-state index in [-0.39, 0.29) is 0 Å². The van der Waals surface area contributed by atoms with E-state index < -0.39 is 0 Å². The van der Waals surface area contributed by atoms with Crippen molar-refractivity contribution in [3.63, 3.8) is 0 Å².